The summed E-state index contributed by atoms with van der Waals surface area (Å²) in [5.41, 5.74) is 0. The number of aliphatic hydroxyl groups excluding tert-OH is 1. The van der Waals surface area contributed by atoms with Crippen LogP contribution in [0.1, 0.15) is 84.0 Å². The average molecular weight is 422 g/mol. The summed E-state index contributed by atoms with van der Waals surface area (Å²) in [5, 5.41) is 38.5. The summed E-state index contributed by atoms with van der Waals surface area (Å²) >= 11 is 0. The van der Waals surface area contributed by atoms with Crippen molar-refractivity contribution >= 4 is 10.4 Å². The van der Waals surface area contributed by atoms with Gasteiger partial charge in [-0.05, 0) is 6.42 Å². The fourth-order valence-corrected chi connectivity index (χ4v) is 2.44. The van der Waals surface area contributed by atoms with E-state index in [4.69, 9.17) is 30.1 Å². The van der Waals surface area contributed by atoms with Gasteiger partial charge in [0.2, 0.25) is 6.29 Å². The van der Waals surface area contributed by atoms with Crippen LogP contribution in [0.3, 0.4) is 0 Å². The lowest BCUT2D eigenvalue weighted by Crippen LogP contribution is -2.41. The van der Waals surface area contributed by atoms with Crippen LogP contribution < -0.4 is 6.15 Å². The molecule has 0 unspecified atom stereocenters. The number of hydrogen-bond donors (Lipinski definition) is 7. The smallest absolute Gasteiger partial charge is 0.362 e. The fourth-order valence-electron chi connectivity index (χ4n) is 2.11. The molecule has 0 rings (SSSR count). The van der Waals surface area contributed by atoms with Gasteiger partial charge in [0.1, 0.15) is 0 Å². The number of hydrogen-bond acceptors (Lipinski definition) is 9. The first-order chi connectivity index (χ1) is 12.0. The van der Waals surface area contributed by atoms with Crippen molar-refractivity contribution in [2.75, 3.05) is 6.61 Å². The molecule has 0 aliphatic heterocycles. The van der Waals surface area contributed by atoms with Crippen LogP contribution in [0.5, 0.6) is 0 Å². The summed E-state index contributed by atoms with van der Waals surface area (Å²) in [7, 11) is -4.24. The molecule has 0 aromatic heterocycles. The molecule has 0 spiro atoms. The highest BCUT2D eigenvalue weighted by Crippen LogP contribution is 2.11. The van der Waals surface area contributed by atoms with Crippen molar-refractivity contribution in [2.45, 2.75) is 96.2 Å². The Labute approximate surface area is 162 Å². The van der Waals surface area contributed by atoms with Gasteiger partial charge < -0.3 is 31.7 Å². The van der Waals surface area contributed by atoms with Gasteiger partial charge in [-0.1, -0.05) is 77.6 Å². The number of rotatable bonds is 15. The van der Waals surface area contributed by atoms with E-state index >= 15 is 0 Å². The van der Waals surface area contributed by atoms with Crippen LogP contribution in [-0.2, 0) is 14.6 Å². The molecule has 0 atom stereocenters. The summed E-state index contributed by atoms with van der Waals surface area (Å²) in [6.07, 6.45) is 12.2. The van der Waals surface area contributed by atoms with Crippen molar-refractivity contribution in [1.82, 2.24) is 6.15 Å². The van der Waals surface area contributed by atoms with E-state index in [9.17, 15) is 8.42 Å². The molecule has 10 nitrogen and oxygen atoms in total. The highest BCUT2D eigenvalue weighted by Gasteiger charge is 2.27. The van der Waals surface area contributed by atoms with E-state index in [1.54, 1.807) is 0 Å². The standard InChI is InChI=1S/C14H30O4S.C2H6O5.H3N/c1-2-3-4-5-6-7-8-9-10-11-12-13-14-18-19(15,16)17;3-1(4)2(5,6)7;/h2-14H2,1H3,(H,15,16,17);1,3-7H;1H3. The van der Waals surface area contributed by atoms with Crippen LogP contribution in [0.2, 0.25) is 0 Å². The zero-order valence-electron chi connectivity index (χ0n) is 16.3. The van der Waals surface area contributed by atoms with E-state index in [0.717, 1.165) is 12.8 Å². The molecule has 11 heteroatoms. The van der Waals surface area contributed by atoms with Crippen LogP contribution in [0.25, 0.3) is 0 Å². The molecule has 0 saturated heterocycles. The highest BCUT2D eigenvalue weighted by molar-refractivity contribution is 7.80. The normalized spacial score (nSPS) is 11.7. The first-order valence-corrected chi connectivity index (χ1v) is 10.5. The predicted molar refractivity (Wildman–Crippen MR) is 101 cm³/mol. The Morgan fingerprint density at radius 3 is 1.33 bits per heavy atom. The molecule has 0 aromatic carbocycles. The minimum atomic E-state index is -4.24. The molecule has 0 radical (unpaired) electrons. The molecule has 0 saturated carbocycles. The zero-order chi connectivity index (χ0) is 20.5. The topological polar surface area (TPSA) is 200 Å². The van der Waals surface area contributed by atoms with Gasteiger partial charge in [0.05, 0.1) is 6.61 Å². The molecule has 9 N–H and O–H groups in total. The van der Waals surface area contributed by atoms with Gasteiger partial charge in [0, 0.05) is 0 Å². The van der Waals surface area contributed by atoms with Crippen LogP contribution in [0.4, 0.5) is 0 Å². The maximum atomic E-state index is 10.3. The van der Waals surface area contributed by atoms with Crippen molar-refractivity contribution in [3.63, 3.8) is 0 Å². The Morgan fingerprint density at radius 2 is 1.07 bits per heavy atom. The van der Waals surface area contributed by atoms with Crippen molar-refractivity contribution < 1.29 is 42.7 Å². The zero-order valence-corrected chi connectivity index (χ0v) is 17.1. The average Bonchev–Trinajstić information content (AvgIpc) is 2.50. The minimum Gasteiger partial charge on any atom is -0.362 e. The summed E-state index contributed by atoms with van der Waals surface area (Å²) in [4.78, 5) is 0. The van der Waals surface area contributed by atoms with Crippen molar-refractivity contribution in [3.8, 4) is 0 Å². The Balaban J connectivity index is -0.000000612. The van der Waals surface area contributed by atoms with Gasteiger partial charge in [-0.15, -0.1) is 0 Å². The molecule has 0 aliphatic rings. The van der Waals surface area contributed by atoms with Crippen molar-refractivity contribution in [1.29, 1.82) is 0 Å². The summed E-state index contributed by atoms with van der Waals surface area (Å²) in [6.45, 7) is 2.33. The molecule has 0 heterocycles. The quantitative estimate of drug-likeness (QED) is 0.116. The maximum absolute atomic E-state index is 10.3. The molecular weight excluding hydrogens is 382 g/mol. The third-order valence-electron chi connectivity index (χ3n) is 3.58. The largest absolute Gasteiger partial charge is 0.397 e. The van der Waals surface area contributed by atoms with E-state index in [2.05, 4.69) is 11.1 Å². The first-order valence-electron chi connectivity index (χ1n) is 9.15. The van der Waals surface area contributed by atoms with Crippen LogP contribution in [-0.4, -0.2) is 57.4 Å². The molecule has 0 aromatic rings. The Morgan fingerprint density at radius 1 is 0.778 bits per heavy atom. The molecule has 0 fully saturated rings. The predicted octanol–water partition coefficient (Wildman–Crippen LogP) is 1.60. The van der Waals surface area contributed by atoms with Crippen LogP contribution in [0, 0.1) is 0 Å². The molecular formula is C16H39NO9S. The first kappa shape index (κ1) is 31.3. The highest BCUT2D eigenvalue weighted by atomic mass is 32.3. The number of unbranched alkanes of at least 4 members (excludes halogenated alkanes) is 11. The van der Waals surface area contributed by atoms with E-state index in [1.165, 1.54) is 57.8 Å². The van der Waals surface area contributed by atoms with Gasteiger partial charge in [-0.2, -0.15) is 8.42 Å². The Hall–Kier alpha value is -0.370. The summed E-state index contributed by atoms with van der Waals surface area (Å²) in [6, 6.07) is 0. The van der Waals surface area contributed by atoms with Crippen LogP contribution in [0.15, 0.2) is 0 Å². The van der Waals surface area contributed by atoms with Crippen molar-refractivity contribution in [3.05, 3.63) is 0 Å². The Kier molecular flexibility index (Phi) is 22.0. The van der Waals surface area contributed by atoms with Gasteiger partial charge in [0.25, 0.3) is 0 Å². The fraction of sp³-hybridized carbons (Fsp3) is 1.00. The maximum Gasteiger partial charge on any atom is 0.397 e. The van der Waals surface area contributed by atoms with E-state index in [-0.39, 0.29) is 12.8 Å². The minimum absolute atomic E-state index is 0. The molecule has 0 aliphatic carbocycles. The second kappa shape index (κ2) is 19.0. The van der Waals surface area contributed by atoms with Gasteiger partial charge in [-0.3, -0.25) is 4.55 Å². The Bertz CT molecular complexity index is 397. The van der Waals surface area contributed by atoms with Gasteiger partial charge >= 0.3 is 16.4 Å². The lowest BCUT2D eigenvalue weighted by molar-refractivity contribution is -0.396. The van der Waals surface area contributed by atoms with Crippen molar-refractivity contribution in [2.24, 2.45) is 0 Å². The van der Waals surface area contributed by atoms with E-state index < -0.39 is 22.7 Å². The summed E-state index contributed by atoms with van der Waals surface area (Å²) in [5.74, 6) is -3.39. The SMILES string of the molecule is CCCCCCCCCCCCCCOS(=O)(=O)O.N.OC(O)C(O)(O)O. The van der Waals surface area contributed by atoms with E-state index in [1.807, 2.05) is 0 Å². The second-order valence-electron chi connectivity index (χ2n) is 6.20. The molecule has 0 amide bonds. The lowest BCUT2D eigenvalue weighted by atomic mass is 10.1. The lowest BCUT2D eigenvalue weighted by Gasteiger charge is -2.14. The summed E-state index contributed by atoms with van der Waals surface area (Å²) < 4.78 is 33.1. The molecule has 27 heavy (non-hydrogen) atoms. The van der Waals surface area contributed by atoms with Gasteiger partial charge in [0.15, 0.2) is 0 Å². The molecule has 0 bridgehead atoms. The number of aliphatic hydroxyl groups is 5. The monoisotopic (exact) mass is 421 g/mol. The molecule has 168 valence electrons. The van der Waals surface area contributed by atoms with E-state index in [0.29, 0.717) is 6.42 Å². The third-order valence-corrected chi connectivity index (χ3v) is 4.04. The van der Waals surface area contributed by atoms with Crippen LogP contribution >= 0.6 is 0 Å². The van der Waals surface area contributed by atoms with Gasteiger partial charge in [-0.25, -0.2) is 4.18 Å². The third kappa shape index (κ3) is 30.6. The second-order valence-corrected chi connectivity index (χ2v) is 7.29.